The smallest absolute Gasteiger partial charge is 0.122 e. The minimum absolute atomic E-state index is 0.699. The maximum absolute atomic E-state index is 5.54. The lowest BCUT2D eigenvalue weighted by Gasteiger charge is -2.19. The number of ether oxygens (including phenoxy) is 1. The van der Waals surface area contributed by atoms with E-state index in [2.05, 4.69) is 31.9 Å². The van der Waals surface area contributed by atoms with E-state index in [4.69, 9.17) is 10.5 Å². The van der Waals surface area contributed by atoms with Crippen LogP contribution in [0.2, 0.25) is 0 Å². The Labute approximate surface area is 98.2 Å². The molecule has 1 rings (SSSR count). The third-order valence-electron chi connectivity index (χ3n) is 3.02. The molecule has 0 saturated carbocycles. The van der Waals surface area contributed by atoms with Crippen LogP contribution in [-0.4, -0.2) is 32.1 Å². The van der Waals surface area contributed by atoms with Crippen LogP contribution in [0.1, 0.15) is 16.7 Å². The zero-order valence-electron chi connectivity index (χ0n) is 10.7. The molecule has 0 fully saturated rings. The van der Waals surface area contributed by atoms with Crippen LogP contribution in [0, 0.1) is 13.8 Å². The van der Waals surface area contributed by atoms with Crippen molar-refractivity contribution in [2.24, 2.45) is 5.73 Å². The van der Waals surface area contributed by atoms with E-state index in [9.17, 15) is 0 Å². The molecule has 2 N–H and O–H groups in total. The Kier molecular flexibility index (Phi) is 4.77. The molecule has 90 valence electrons. The molecular weight excluding hydrogens is 200 g/mol. The van der Waals surface area contributed by atoms with Crippen molar-refractivity contribution in [3.8, 4) is 5.75 Å². The second kappa shape index (κ2) is 5.87. The molecule has 1 aromatic carbocycles. The van der Waals surface area contributed by atoms with Gasteiger partial charge in [0.05, 0.1) is 7.11 Å². The van der Waals surface area contributed by atoms with Gasteiger partial charge >= 0.3 is 0 Å². The molecule has 0 spiro atoms. The van der Waals surface area contributed by atoms with Crippen LogP contribution < -0.4 is 10.5 Å². The van der Waals surface area contributed by atoms with Crippen molar-refractivity contribution in [1.82, 2.24) is 4.90 Å². The van der Waals surface area contributed by atoms with Crippen molar-refractivity contribution in [3.63, 3.8) is 0 Å². The van der Waals surface area contributed by atoms with Crippen LogP contribution >= 0.6 is 0 Å². The number of likely N-dealkylation sites (N-methyl/N-ethyl adjacent to an activating group) is 1. The van der Waals surface area contributed by atoms with Crippen LogP contribution in [0.15, 0.2) is 12.1 Å². The minimum Gasteiger partial charge on any atom is -0.496 e. The minimum atomic E-state index is 0.699. The highest BCUT2D eigenvalue weighted by atomic mass is 16.5. The predicted molar refractivity (Wildman–Crippen MR) is 67.9 cm³/mol. The summed E-state index contributed by atoms with van der Waals surface area (Å²) in [6, 6.07) is 4.17. The average molecular weight is 222 g/mol. The number of benzene rings is 1. The summed E-state index contributed by atoms with van der Waals surface area (Å²) in [6.45, 7) is 6.80. The van der Waals surface area contributed by atoms with Crippen LogP contribution in [0.3, 0.4) is 0 Å². The second-order valence-electron chi connectivity index (χ2n) is 4.20. The molecule has 0 bridgehead atoms. The van der Waals surface area contributed by atoms with E-state index in [1.54, 1.807) is 7.11 Å². The molecule has 3 heteroatoms. The zero-order chi connectivity index (χ0) is 12.1. The Morgan fingerprint density at radius 3 is 2.50 bits per heavy atom. The molecule has 3 nitrogen and oxygen atoms in total. The summed E-state index contributed by atoms with van der Waals surface area (Å²) in [4.78, 5) is 2.23. The summed E-state index contributed by atoms with van der Waals surface area (Å²) < 4.78 is 5.30. The molecular formula is C13H22N2O. The topological polar surface area (TPSA) is 38.5 Å². The van der Waals surface area contributed by atoms with E-state index in [0.29, 0.717) is 6.54 Å². The van der Waals surface area contributed by atoms with E-state index < -0.39 is 0 Å². The molecule has 0 unspecified atom stereocenters. The van der Waals surface area contributed by atoms with Crippen LogP contribution in [0.25, 0.3) is 0 Å². The summed E-state index contributed by atoms with van der Waals surface area (Å²) in [5.41, 5.74) is 9.41. The monoisotopic (exact) mass is 222 g/mol. The Bertz CT molecular complexity index is 350. The maximum Gasteiger partial charge on any atom is 0.122 e. The third-order valence-corrected chi connectivity index (χ3v) is 3.02. The first-order chi connectivity index (χ1) is 7.60. The first-order valence-electron chi connectivity index (χ1n) is 5.61. The predicted octanol–water partition coefficient (Wildman–Crippen LogP) is 1.70. The van der Waals surface area contributed by atoms with Gasteiger partial charge < -0.3 is 15.4 Å². The number of methoxy groups -OCH3 is 1. The van der Waals surface area contributed by atoms with Gasteiger partial charge in [-0.25, -0.2) is 0 Å². The number of hydrogen-bond acceptors (Lipinski definition) is 3. The molecule has 0 aliphatic carbocycles. The van der Waals surface area contributed by atoms with Gasteiger partial charge in [-0.15, -0.1) is 0 Å². The van der Waals surface area contributed by atoms with Gasteiger partial charge in [-0.2, -0.15) is 0 Å². The van der Waals surface area contributed by atoms with Gasteiger partial charge in [0.25, 0.3) is 0 Å². The standard InChI is InChI=1S/C13H22N2O/c1-10-11(2)13(16-4)6-5-12(10)9-15(3)8-7-14/h5-6H,7-9,14H2,1-4H3. The molecule has 1 aromatic rings. The lowest BCUT2D eigenvalue weighted by molar-refractivity contribution is 0.335. The van der Waals surface area contributed by atoms with Crippen molar-refractivity contribution in [2.75, 3.05) is 27.2 Å². The zero-order valence-corrected chi connectivity index (χ0v) is 10.7. The van der Waals surface area contributed by atoms with E-state index in [1.807, 2.05) is 6.07 Å². The van der Waals surface area contributed by atoms with E-state index >= 15 is 0 Å². The molecule has 0 saturated heterocycles. The quantitative estimate of drug-likeness (QED) is 0.824. The summed E-state index contributed by atoms with van der Waals surface area (Å²) in [6.07, 6.45) is 0. The SMILES string of the molecule is COc1ccc(CN(C)CCN)c(C)c1C. The molecule has 16 heavy (non-hydrogen) atoms. The van der Waals surface area contributed by atoms with Crippen molar-refractivity contribution >= 4 is 0 Å². The van der Waals surface area contributed by atoms with Crippen molar-refractivity contribution in [1.29, 1.82) is 0 Å². The van der Waals surface area contributed by atoms with Crippen molar-refractivity contribution in [3.05, 3.63) is 28.8 Å². The molecule has 0 radical (unpaired) electrons. The van der Waals surface area contributed by atoms with Gasteiger partial charge in [0.15, 0.2) is 0 Å². The maximum atomic E-state index is 5.54. The lowest BCUT2D eigenvalue weighted by Crippen LogP contribution is -2.25. The normalized spacial score (nSPS) is 10.9. The van der Waals surface area contributed by atoms with Crippen LogP contribution in [-0.2, 0) is 6.54 Å². The van der Waals surface area contributed by atoms with Crippen molar-refractivity contribution < 1.29 is 4.74 Å². The fourth-order valence-electron chi connectivity index (χ4n) is 1.83. The van der Waals surface area contributed by atoms with Gasteiger partial charge in [0.1, 0.15) is 5.75 Å². The van der Waals surface area contributed by atoms with E-state index in [-0.39, 0.29) is 0 Å². The Morgan fingerprint density at radius 2 is 1.94 bits per heavy atom. The van der Waals surface area contributed by atoms with Crippen molar-refractivity contribution in [2.45, 2.75) is 20.4 Å². The van der Waals surface area contributed by atoms with Crippen LogP contribution in [0.4, 0.5) is 0 Å². The van der Waals surface area contributed by atoms with Gasteiger partial charge in [-0.05, 0) is 43.7 Å². The second-order valence-corrected chi connectivity index (χ2v) is 4.20. The molecule has 0 aliphatic rings. The molecule has 0 aromatic heterocycles. The molecule has 0 aliphatic heterocycles. The summed E-state index contributed by atoms with van der Waals surface area (Å²) >= 11 is 0. The number of rotatable bonds is 5. The largest absolute Gasteiger partial charge is 0.496 e. The first-order valence-corrected chi connectivity index (χ1v) is 5.61. The highest BCUT2D eigenvalue weighted by molar-refractivity contribution is 5.43. The molecule has 0 atom stereocenters. The Hall–Kier alpha value is -1.06. The summed E-state index contributed by atoms with van der Waals surface area (Å²) in [5.74, 6) is 0.961. The summed E-state index contributed by atoms with van der Waals surface area (Å²) in [5, 5.41) is 0. The Morgan fingerprint density at radius 1 is 1.25 bits per heavy atom. The Balaban J connectivity index is 2.86. The van der Waals surface area contributed by atoms with Gasteiger partial charge in [-0.3, -0.25) is 0 Å². The fourth-order valence-corrected chi connectivity index (χ4v) is 1.83. The molecule has 0 amide bonds. The number of nitrogens with two attached hydrogens (primary N) is 1. The van der Waals surface area contributed by atoms with E-state index in [0.717, 1.165) is 18.8 Å². The first kappa shape index (κ1) is 13.0. The highest BCUT2D eigenvalue weighted by Crippen LogP contribution is 2.24. The van der Waals surface area contributed by atoms with E-state index in [1.165, 1.54) is 16.7 Å². The summed E-state index contributed by atoms with van der Waals surface area (Å²) in [7, 11) is 3.80. The average Bonchev–Trinajstić information content (AvgIpc) is 2.25. The van der Waals surface area contributed by atoms with Crippen LogP contribution in [0.5, 0.6) is 5.75 Å². The number of hydrogen-bond donors (Lipinski definition) is 1. The lowest BCUT2D eigenvalue weighted by atomic mass is 10.0. The highest BCUT2D eigenvalue weighted by Gasteiger charge is 2.08. The van der Waals surface area contributed by atoms with Gasteiger partial charge in [-0.1, -0.05) is 6.07 Å². The third kappa shape index (κ3) is 2.97. The number of nitrogens with zero attached hydrogens (tertiary/aromatic N) is 1. The fraction of sp³-hybridized carbons (Fsp3) is 0.538. The van der Waals surface area contributed by atoms with Gasteiger partial charge in [0.2, 0.25) is 0 Å². The molecule has 0 heterocycles. The van der Waals surface area contributed by atoms with Gasteiger partial charge in [0, 0.05) is 19.6 Å².